The second-order valence-corrected chi connectivity index (χ2v) is 7.04. The molecule has 0 radical (unpaired) electrons. The molecule has 2 aromatic rings. The van der Waals surface area contributed by atoms with E-state index in [1.54, 1.807) is 0 Å². The van der Waals surface area contributed by atoms with Crippen LogP contribution in [0.2, 0.25) is 0 Å². The fraction of sp³-hybridized carbons (Fsp3) is 0.526. The molecule has 1 fully saturated rings. The molecule has 4 rings (SSSR count). The van der Waals surface area contributed by atoms with E-state index in [9.17, 15) is 5.11 Å². The average Bonchev–Trinajstić information content (AvgIpc) is 3.06. The molecule has 2 aliphatic heterocycles. The SMILES string of the molecule is Cl.Cl.OC(CN1CCc2[nH]nc(-c3ccccc3)c2C1)C1CCNCC1. The van der Waals surface area contributed by atoms with Crippen LogP contribution in [0.15, 0.2) is 30.3 Å². The number of β-amino-alcohol motifs (C(OH)–C–C–N with tert-alkyl or cyclic N) is 1. The molecular formula is C19H28Cl2N4O. The number of nitrogens with one attached hydrogen (secondary N) is 2. The number of aromatic nitrogens is 2. The van der Waals surface area contributed by atoms with Crippen molar-refractivity contribution < 1.29 is 5.11 Å². The van der Waals surface area contributed by atoms with Gasteiger partial charge < -0.3 is 10.4 Å². The number of hydrogen-bond acceptors (Lipinski definition) is 4. The van der Waals surface area contributed by atoms with Gasteiger partial charge in [0.15, 0.2) is 0 Å². The summed E-state index contributed by atoms with van der Waals surface area (Å²) >= 11 is 0. The summed E-state index contributed by atoms with van der Waals surface area (Å²) in [4.78, 5) is 2.39. The summed E-state index contributed by atoms with van der Waals surface area (Å²) in [6, 6.07) is 10.4. The van der Waals surface area contributed by atoms with Crippen molar-refractivity contribution >= 4 is 24.8 Å². The number of benzene rings is 1. The monoisotopic (exact) mass is 398 g/mol. The number of halogens is 2. The number of aliphatic hydroxyl groups is 1. The molecule has 1 atom stereocenters. The second kappa shape index (κ2) is 9.72. The maximum atomic E-state index is 10.6. The Bertz CT molecular complexity index is 673. The second-order valence-electron chi connectivity index (χ2n) is 7.04. The zero-order valence-corrected chi connectivity index (χ0v) is 16.5. The van der Waals surface area contributed by atoms with Gasteiger partial charge in [-0.1, -0.05) is 30.3 Å². The van der Waals surface area contributed by atoms with Crippen molar-refractivity contribution in [3.05, 3.63) is 41.6 Å². The van der Waals surface area contributed by atoms with Crippen LogP contribution in [0, 0.1) is 5.92 Å². The van der Waals surface area contributed by atoms with Gasteiger partial charge in [-0.3, -0.25) is 10.00 Å². The van der Waals surface area contributed by atoms with E-state index in [-0.39, 0.29) is 30.9 Å². The Labute approximate surface area is 167 Å². The summed E-state index contributed by atoms with van der Waals surface area (Å²) in [5, 5.41) is 21.8. The van der Waals surface area contributed by atoms with Crippen LogP contribution < -0.4 is 5.32 Å². The van der Waals surface area contributed by atoms with Crippen molar-refractivity contribution in [1.82, 2.24) is 20.4 Å². The molecule has 1 unspecified atom stereocenters. The highest BCUT2D eigenvalue weighted by atomic mass is 35.5. The van der Waals surface area contributed by atoms with Gasteiger partial charge in [0.2, 0.25) is 0 Å². The molecule has 26 heavy (non-hydrogen) atoms. The number of aromatic amines is 1. The summed E-state index contributed by atoms with van der Waals surface area (Å²) in [5.74, 6) is 0.436. The zero-order chi connectivity index (χ0) is 16.4. The van der Waals surface area contributed by atoms with Crippen molar-refractivity contribution in [2.75, 3.05) is 26.2 Å². The maximum absolute atomic E-state index is 10.6. The molecule has 1 aromatic carbocycles. The maximum Gasteiger partial charge on any atom is 0.0968 e. The van der Waals surface area contributed by atoms with Gasteiger partial charge in [0.25, 0.3) is 0 Å². The number of rotatable bonds is 4. The van der Waals surface area contributed by atoms with E-state index in [2.05, 4.69) is 44.7 Å². The lowest BCUT2D eigenvalue weighted by Gasteiger charge is -2.33. The third kappa shape index (κ3) is 4.59. The molecule has 144 valence electrons. The predicted molar refractivity (Wildman–Crippen MR) is 109 cm³/mol. The van der Waals surface area contributed by atoms with Gasteiger partial charge in [0.1, 0.15) is 0 Å². The van der Waals surface area contributed by atoms with Crippen molar-refractivity contribution in [1.29, 1.82) is 0 Å². The van der Waals surface area contributed by atoms with Crippen LogP contribution in [-0.4, -0.2) is 52.5 Å². The van der Waals surface area contributed by atoms with E-state index < -0.39 is 0 Å². The van der Waals surface area contributed by atoms with Crippen LogP contribution in [0.3, 0.4) is 0 Å². The third-order valence-electron chi connectivity index (χ3n) is 5.43. The lowest BCUT2D eigenvalue weighted by molar-refractivity contribution is 0.0463. The topological polar surface area (TPSA) is 64.2 Å². The van der Waals surface area contributed by atoms with Crippen molar-refractivity contribution in [3.8, 4) is 11.3 Å². The Kier molecular flexibility index (Phi) is 7.92. The lowest BCUT2D eigenvalue weighted by Crippen LogP contribution is -2.42. The Morgan fingerprint density at radius 3 is 2.62 bits per heavy atom. The first kappa shape index (κ1) is 21.2. The van der Waals surface area contributed by atoms with E-state index in [1.807, 2.05) is 6.07 Å². The van der Waals surface area contributed by atoms with Crippen LogP contribution in [0.25, 0.3) is 11.3 Å². The van der Waals surface area contributed by atoms with E-state index >= 15 is 0 Å². The summed E-state index contributed by atoms with van der Waals surface area (Å²) < 4.78 is 0. The zero-order valence-electron chi connectivity index (χ0n) is 14.9. The molecule has 0 saturated carbocycles. The smallest absolute Gasteiger partial charge is 0.0968 e. The molecule has 3 heterocycles. The molecule has 2 aliphatic rings. The predicted octanol–water partition coefficient (Wildman–Crippen LogP) is 2.64. The van der Waals surface area contributed by atoms with E-state index in [0.717, 1.165) is 63.2 Å². The van der Waals surface area contributed by atoms with Crippen molar-refractivity contribution in [2.45, 2.75) is 31.9 Å². The van der Waals surface area contributed by atoms with Crippen LogP contribution in [-0.2, 0) is 13.0 Å². The van der Waals surface area contributed by atoms with Crippen LogP contribution in [0.5, 0.6) is 0 Å². The Hall–Kier alpha value is -1.11. The number of aliphatic hydroxyl groups excluding tert-OH is 1. The molecular weight excluding hydrogens is 371 g/mol. The highest BCUT2D eigenvalue weighted by Crippen LogP contribution is 2.29. The number of nitrogens with zero attached hydrogens (tertiary/aromatic N) is 2. The number of fused-ring (bicyclic) bond motifs is 1. The van der Waals surface area contributed by atoms with Crippen LogP contribution in [0.4, 0.5) is 0 Å². The highest BCUT2D eigenvalue weighted by Gasteiger charge is 2.27. The van der Waals surface area contributed by atoms with Gasteiger partial charge in [-0.2, -0.15) is 5.10 Å². The quantitative estimate of drug-likeness (QED) is 0.740. The fourth-order valence-corrected chi connectivity index (χ4v) is 3.98. The summed E-state index contributed by atoms with van der Waals surface area (Å²) in [6.07, 6.45) is 2.93. The normalized spacial score (nSPS) is 19.1. The molecule has 0 spiro atoms. The molecule has 1 aromatic heterocycles. The van der Waals surface area contributed by atoms with Gasteiger partial charge in [-0.05, 0) is 31.8 Å². The van der Waals surface area contributed by atoms with Crippen molar-refractivity contribution in [3.63, 3.8) is 0 Å². The Morgan fingerprint density at radius 2 is 1.88 bits per heavy atom. The fourth-order valence-electron chi connectivity index (χ4n) is 3.98. The average molecular weight is 399 g/mol. The molecule has 7 heteroatoms. The summed E-state index contributed by atoms with van der Waals surface area (Å²) in [7, 11) is 0. The van der Waals surface area contributed by atoms with E-state index in [0.29, 0.717) is 5.92 Å². The van der Waals surface area contributed by atoms with Gasteiger partial charge in [0.05, 0.1) is 11.8 Å². The molecule has 0 amide bonds. The standard InChI is InChI=1S/C19H26N4O.2ClH/c24-18(14-6-9-20-10-7-14)13-23-11-8-17-16(12-23)19(22-21-17)15-4-2-1-3-5-15;;/h1-5,14,18,20,24H,6-13H2,(H,21,22);2*1H. The highest BCUT2D eigenvalue weighted by molar-refractivity contribution is 5.85. The van der Waals surface area contributed by atoms with E-state index in [1.165, 1.54) is 11.3 Å². The Balaban J connectivity index is 0.00000121. The van der Waals surface area contributed by atoms with Gasteiger partial charge in [-0.25, -0.2) is 0 Å². The minimum Gasteiger partial charge on any atom is -0.392 e. The molecule has 0 bridgehead atoms. The number of piperidine rings is 1. The molecule has 0 aliphatic carbocycles. The Morgan fingerprint density at radius 1 is 1.15 bits per heavy atom. The minimum absolute atomic E-state index is 0. The third-order valence-corrected chi connectivity index (χ3v) is 5.43. The number of hydrogen-bond donors (Lipinski definition) is 3. The first-order valence-electron chi connectivity index (χ1n) is 9.04. The molecule has 3 N–H and O–H groups in total. The van der Waals surface area contributed by atoms with Crippen molar-refractivity contribution in [2.24, 2.45) is 5.92 Å². The van der Waals surface area contributed by atoms with Crippen LogP contribution in [0.1, 0.15) is 24.1 Å². The van der Waals surface area contributed by atoms with Crippen LogP contribution >= 0.6 is 24.8 Å². The first-order chi connectivity index (χ1) is 11.8. The van der Waals surface area contributed by atoms with Gasteiger partial charge >= 0.3 is 0 Å². The van der Waals surface area contributed by atoms with Gasteiger partial charge in [0, 0.05) is 42.9 Å². The molecule has 5 nitrogen and oxygen atoms in total. The number of H-pyrrole nitrogens is 1. The molecule has 1 saturated heterocycles. The largest absolute Gasteiger partial charge is 0.392 e. The first-order valence-corrected chi connectivity index (χ1v) is 9.04. The summed E-state index contributed by atoms with van der Waals surface area (Å²) in [6.45, 7) is 4.70. The van der Waals surface area contributed by atoms with E-state index in [4.69, 9.17) is 0 Å². The van der Waals surface area contributed by atoms with Gasteiger partial charge in [-0.15, -0.1) is 24.8 Å². The summed E-state index contributed by atoms with van der Waals surface area (Å²) in [5.41, 5.74) is 4.77. The minimum atomic E-state index is -0.222. The lowest BCUT2D eigenvalue weighted by atomic mass is 9.91.